The number of nitrogens with one attached hydrogen (secondary N) is 1. The van der Waals surface area contributed by atoms with Gasteiger partial charge in [-0.15, -0.1) is 0 Å². The van der Waals surface area contributed by atoms with Crippen LogP contribution in [-0.4, -0.2) is 42.5 Å². The van der Waals surface area contributed by atoms with E-state index in [9.17, 15) is 9.59 Å². The lowest BCUT2D eigenvalue weighted by atomic mass is 9.65. The molecule has 2 rings (SSSR count). The van der Waals surface area contributed by atoms with E-state index in [1.165, 1.54) is 6.08 Å². The van der Waals surface area contributed by atoms with Gasteiger partial charge in [-0.1, -0.05) is 19.1 Å². The summed E-state index contributed by atoms with van der Waals surface area (Å²) in [6.07, 6.45) is 4.48. The molecule has 1 aliphatic carbocycles. The fourth-order valence-corrected chi connectivity index (χ4v) is 3.66. The molecule has 0 aromatic carbocycles. The lowest BCUT2D eigenvalue weighted by molar-refractivity contribution is -0.147. The summed E-state index contributed by atoms with van der Waals surface area (Å²) in [5.41, 5.74) is 7.10. The Morgan fingerprint density at radius 1 is 1.41 bits per heavy atom. The Morgan fingerprint density at radius 3 is 2.63 bits per heavy atom. The van der Waals surface area contributed by atoms with Crippen molar-refractivity contribution in [2.24, 2.45) is 28.5 Å². The van der Waals surface area contributed by atoms with Crippen LogP contribution in [0.2, 0.25) is 0 Å². The molecule has 1 fully saturated rings. The number of nitrogens with two attached hydrogens (primary N) is 1. The van der Waals surface area contributed by atoms with Gasteiger partial charge < -0.3 is 20.5 Å². The molecule has 1 aliphatic heterocycles. The van der Waals surface area contributed by atoms with E-state index in [-0.39, 0.29) is 36.7 Å². The predicted molar refractivity (Wildman–Crippen MR) is 107 cm³/mol. The number of thiocarbonyl (C=S) groups is 1. The summed E-state index contributed by atoms with van der Waals surface area (Å²) in [5, 5.41) is 2.96. The van der Waals surface area contributed by atoms with Gasteiger partial charge in [0, 0.05) is 11.6 Å². The standard InChI is InChI=1S/C19H27N3O4S/c1-4-9-26-17(23)14-11(3)22-13(10-21-19(20)27)16(18(24)25-5-2)15(14)12-7-6-8-12/h4,12,14-15H,1,5-10H2,2-3H3,(H3,20,21,27). The second kappa shape index (κ2) is 9.64. The van der Waals surface area contributed by atoms with Gasteiger partial charge in [-0.3, -0.25) is 9.79 Å². The van der Waals surface area contributed by atoms with Crippen molar-refractivity contribution >= 4 is 35.0 Å². The first kappa shape index (κ1) is 21.1. The summed E-state index contributed by atoms with van der Waals surface area (Å²) in [6, 6.07) is 0. The quantitative estimate of drug-likeness (QED) is 0.369. The van der Waals surface area contributed by atoms with Gasteiger partial charge in [0.1, 0.15) is 12.5 Å². The normalized spacial score (nSPS) is 22.4. The first-order chi connectivity index (χ1) is 12.9. The molecule has 148 valence electrons. The molecule has 0 saturated heterocycles. The van der Waals surface area contributed by atoms with Crippen molar-refractivity contribution in [2.45, 2.75) is 33.1 Å². The van der Waals surface area contributed by atoms with Gasteiger partial charge in [0.25, 0.3) is 0 Å². The number of hydrogen-bond acceptors (Lipinski definition) is 6. The van der Waals surface area contributed by atoms with Crippen LogP contribution in [0.15, 0.2) is 28.9 Å². The Bertz CT molecular complexity index is 682. The van der Waals surface area contributed by atoms with Crippen molar-refractivity contribution in [3.8, 4) is 0 Å². The third-order valence-corrected chi connectivity index (χ3v) is 5.09. The smallest absolute Gasteiger partial charge is 0.336 e. The highest BCUT2D eigenvalue weighted by molar-refractivity contribution is 7.80. The van der Waals surface area contributed by atoms with E-state index in [0.29, 0.717) is 17.0 Å². The molecular formula is C19H27N3O4S. The van der Waals surface area contributed by atoms with Crippen LogP contribution in [0.5, 0.6) is 0 Å². The summed E-state index contributed by atoms with van der Waals surface area (Å²) in [5.74, 6) is -1.57. The minimum atomic E-state index is -0.608. The molecule has 0 aromatic rings. The van der Waals surface area contributed by atoms with Gasteiger partial charge in [-0.25, -0.2) is 4.79 Å². The number of nitrogens with zero attached hydrogens (tertiary/aromatic N) is 1. The summed E-state index contributed by atoms with van der Waals surface area (Å²) in [7, 11) is 0. The molecular weight excluding hydrogens is 366 g/mol. The van der Waals surface area contributed by atoms with Crippen molar-refractivity contribution in [2.75, 3.05) is 19.8 Å². The highest BCUT2D eigenvalue weighted by Crippen LogP contribution is 2.45. The summed E-state index contributed by atoms with van der Waals surface area (Å²) < 4.78 is 10.6. The van der Waals surface area contributed by atoms with Crippen LogP contribution in [0, 0.1) is 17.8 Å². The van der Waals surface area contributed by atoms with E-state index in [0.717, 1.165) is 19.3 Å². The molecule has 2 unspecified atom stereocenters. The van der Waals surface area contributed by atoms with Crippen LogP contribution < -0.4 is 11.1 Å². The van der Waals surface area contributed by atoms with Crippen LogP contribution in [0.1, 0.15) is 33.1 Å². The Balaban J connectivity index is 2.46. The Labute approximate surface area is 165 Å². The van der Waals surface area contributed by atoms with Crippen molar-refractivity contribution in [1.29, 1.82) is 0 Å². The number of ether oxygens (including phenoxy) is 2. The summed E-state index contributed by atoms with van der Waals surface area (Å²) in [6.45, 7) is 7.67. The Kier molecular flexibility index (Phi) is 7.53. The first-order valence-electron chi connectivity index (χ1n) is 9.16. The zero-order chi connectivity index (χ0) is 20.0. The predicted octanol–water partition coefficient (Wildman–Crippen LogP) is 1.87. The minimum absolute atomic E-state index is 0.117. The number of carbonyl (C=O) groups excluding carboxylic acids is 2. The van der Waals surface area contributed by atoms with Crippen molar-refractivity contribution in [3.63, 3.8) is 0 Å². The summed E-state index contributed by atoms with van der Waals surface area (Å²) >= 11 is 4.87. The number of aliphatic imine (C=N–C) groups is 1. The molecule has 3 N–H and O–H groups in total. The van der Waals surface area contributed by atoms with E-state index >= 15 is 0 Å². The van der Waals surface area contributed by atoms with E-state index in [1.807, 2.05) is 0 Å². The average Bonchev–Trinajstić information content (AvgIpc) is 2.56. The van der Waals surface area contributed by atoms with Crippen LogP contribution in [-0.2, 0) is 19.1 Å². The van der Waals surface area contributed by atoms with Crippen LogP contribution >= 0.6 is 12.2 Å². The van der Waals surface area contributed by atoms with Crippen molar-refractivity contribution in [3.05, 3.63) is 23.9 Å². The molecule has 1 heterocycles. The van der Waals surface area contributed by atoms with Crippen LogP contribution in [0.25, 0.3) is 0 Å². The molecule has 2 aliphatic rings. The third kappa shape index (κ3) is 4.94. The largest absolute Gasteiger partial charge is 0.463 e. The fraction of sp³-hybridized carbons (Fsp3) is 0.579. The topological polar surface area (TPSA) is 103 Å². The second-order valence-electron chi connectivity index (χ2n) is 6.66. The number of hydrogen-bond donors (Lipinski definition) is 2. The molecule has 0 amide bonds. The number of esters is 2. The maximum absolute atomic E-state index is 12.8. The van der Waals surface area contributed by atoms with Gasteiger partial charge in [0.15, 0.2) is 5.11 Å². The van der Waals surface area contributed by atoms with Crippen LogP contribution in [0.4, 0.5) is 0 Å². The van der Waals surface area contributed by atoms with E-state index in [1.54, 1.807) is 13.8 Å². The average molecular weight is 394 g/mol. The number of rotatable bonds is 8. The third-order valence-electron chi connectivity index (χ3n) is 4.95. The van der Waals surface area contributed by atoms with E-state index in [2.05, 4.69) is 16.9 Å². The number of carbonyl (C=O) groups is 2. The SMILES string of the molecule is C=CCOC(=O)C1C(C)=NC(CNC(N)=S)=C(C(=O)OCC)C1C1CCC1. The molecule has 2 atom stereocenters. The lowest BCUT2D eigenvalue weighted by Gasteiger charge is -2.40. The highest BCUT2D eigenvalue weighted by atomic mass is 32.1. The molecule has 8 heteroatoms. The minimum Gasteiger partial charge on any atom is -0.463 e. The van der Waals surface area contributed by atoms with Crippen LogP contribution in [0.3, 0.4) is 0 Å². The van der Waals surface area contributed by atoms with E-state index < -0.39 is 17.9 Å². The molecule has 0 radical (unpaired) electrons. The molecule has 0 bridgehead atoms. The molecule has 0 aromatic heterocycles. The van der Waals surface area contributed by atoms with Crippen molar-refractivity contribution < 1.29 is 19.1 Å². The molecule has 7 nitrogen and oxygen atoms in total. The van der Waals surface area contributed by atoms with Gasteiger partial charge in [-0.2, -0.15) is 0 Å². The molecule has 0 spiro atoms. The van der Waals surface area contributed by atoms with Gasteiger partial charge >= 0.3 is 11.9 Å². The highest BCUT2D eigenvalue weighted by Gasteiger charge is 2.47. The monoisotopic (exact) mass is 393 g/mol. The molecule has 1 saturated carbocycles. The first-order valence-corrected chi connectivity index (χ1v) is 9.57. The van der Waals surface area contributed by atoms with Gasteiger partial charge in [-0.05, 0) is 44.8 Å². The fourth-order valence-electron chi connectivity index (χ4n) is 3.58. The summed E-state index contributed by atoms with van der Waals surface area (Å²) in [4.78, 5) is 30.1. The Hall–Kier alpha value is -2.22. The maximum Gasteiger partial charge on any atom is 0.336 e. The van der Waals surface area contributed by atoms with Crippen molar-refractivity contribution in [1.82, 2.24) is 5.32 Å². The zero-order valence-corrected chi connectivity index (χ0v) is 16.6. The van der Waals surface area contributed by atoms with E-state index in [4.69, 9.17) is 27.4 Å². The second-order valence-corrected chi connectivity index (χ2v) is 7.10. The molecule has 27 heavy (non-hydrogen) atoms. The lowest BCUT2D eigenvalue weighted by Crippen LogP contribution is -2.44. The maximum atomic E-state index is 12.8. The zero-order valence-electron chi connectivity index (χ0n) is 15.8. The van der Waals surface area contributed by atoms with Gasteiger partial charge in [0.05, 0.1) is 24.4 Å². The van der Waals surface area contributed by atoms with Gasteiger partial charge in [0.2, 0.25) is 0 Å². The Morgan fingerprint density at radius 2 is 2.11 bits per heavy atom.